The third kappa shape index (κ3) is 6.83. The van der Waals surface area contributed by atoms with Crippen LogP contribution < -0.4 is 5.32 Å². The number of benzene rings is 3. The highest BCUT2D eigenvalue weighted by Crippen LogP contribution is 2.25. The van der Waals surface area contributed by atoms with E-state index in [2.05, 4.69) is 5.32 Å². The van der Waals surface area contributed by atoms with Crippen LogP contribution in [-0.2, 0) is 44.7 Å². The van der Waals surface area contributed by atoms with Crippen LogP contribution in [0.1, 0.15) is 23.1 Å². The fourth-order valence-electron chi connectivity index (χ4n) is 4.19. The maximum atomic E-state index is 13.3. The standard InChI is InChI=1S/C28H28N2O6S/c31-26(29-24(27(32)33)15-16-37(35)23-13-5-2-6-14-23)25-17-21-11-7-8-12-22(21)18-30(25)28(34)36-19-20-9-3-1-4-10-20/h1-14,24-25H,15-19H2,(H,29,31)(H,32,33)/t24-,25+,37+/m1/s1. The maximum absolute atomic E-state index is 13.3. The first kappa shape index (κ1) is 26.1. The minimum Gasteiger partial charge on any atom is -0.480 e. The summed E-state index contributed by atoms with van der Waals surface area (Å²) >= 11 is 0. The minimum atomic E-state index is -1.40. The second kappa shape index (κ2) is 12.3. The number of carbonyl (C=O) groups is 3. The summed E-state index contributed by atoms with van der Waals surface area (Å²) in [5.74, 6) is -1.76. The quantitative estimate of drug-likeness (QED) is 0.447. The van der Waals surface area contributed by atoms with Gasteiger partial charge in [-0.25, -0.2) is 9.59 Å². The summed E-state index contributed by atoms with van der Waals surface area (Å²) in [4.78, 5) is 40.2. The number of carbonyl (C=O) groups excluding carboxylic acids is 2. The highest BCUT2D eigenvalue weighted by Gasteiger charge is 2.37. The Balaban J connectivity index is 1.46. The summed E-state index contributed by atoms with van der Waals surface area (Å²) in [6.45, 7) is 0.215. The molecule has 0 saturated carbocycles. The van der Waals surface area contributed by atoms with Crippen molar-refractivity contribution >= 4 is 28.8 Å². The number of ether oxygens (including phenoxy) is 1. The lowest BCUT2D eigenvalue weighted by molar-refractivity contribution is -0.142. The number of amides is 2. The van der Waals surface area contributed by atoms with Crippen LogP contribution in [0.25, 0.3) is 0 Å². The van der Waals surface area contributed by atoms with Crippen LogP contribution in [0.2, 0.25) is 0 Å². The van der Waals surface area contributed by atoms with Gasteiger partial charge in [0, 0.05) is 17.1 Å². The zero-order chi connectivity index (χ0) is 26.2. The van der Waals surface area contributed by atoms with Crippen molar-refractivity contribution in [1.29, 1.82) is 0 Å². The fraction of sp³-hybridized carbons (Fsp3) is 0.250. The molecular formula is C28H28N2O6S. The van der Waals surface area contributed by atoms with Gasteiger partial charge in [-0.15, -0.1) is 0 Å². The van der Waals surface area contributed by atoms with Crippen molar-refractivity contribution in [1.82, 2.24) is 10.2 Å². The number of carboxylic acids is 1. The number of rotatable bonds is 9. The first-order valence-corrected chi connectivity index (χ1v) is 13.2. The van der Waals surface area contributed by atoms with Gasteiger partial charge >= 0.3 is 12.1 Å². The fourth-order valence-corrected chi connectivity index (χ4v) is 5.34. The van der Waals surface area contributed by atoms with Crippen LogP contribution in [0.5, 0.6) is 0 Å². The topological polar surface area (TPSA) is 113 Å². The lowest BCUT2D eigenvalue weighted by Gasteiger charge is -2.35. The number of nitrogens with one attached hydrogen (secondary N) is 1. The van der Waals surface area contributed by atoms with Gasteiger partial charge in [0.1, 0.15) is 18.7 Å². The summed E-state index contributed by atoms with van der Waals surface area (Å²) in [5, 5.41) is 12.3. The van der Waals surface area contributed by atoms with E-state index in [4.69, 9.17) is 4.74 Å². The van der Waals surface area contributed by atoms with E-state index in [9.17, 15) is 23.7 Å². The molecule has 0 aliphatic carbocycles. The predicted octanol–water partition coefficient (Wildman–Crippen LogP) is 3.52. The van der Waals surface area contributed by atoms with Gasteiger partial charge in [-0.05, 0) is 35.2 Å². The largest absolute Gasteiger partial charge is 0.480 e. The van der Waals surface area contributed by atoms with E-state index in [-0.39, 0.29) is 31.7 Å². The maximum Gasteiger partial charge on any atom is 0.411 e. The monoisotopic (exact) mass is 520 g/mol. The molecule has 3 aromatic rings. The van der Waals surface area contributed by atoms with Crippen molar-refractivity contribution in [2.45, 2.75) is 43.0 Å². The normalized spacial score (nSPS) is 16.2. The van der Waals surface area contributed by atoms with E-state index < -0.39 is 40.9 Å². The van der Waals surface area contributed by atoms with Gasteiger partial charge in [-0.2, -0.15) is 0 Å². The third-order valence-corrected chi connectivity index (χ3v) is 7.61. The van der Waals surface area contributed by atoms with Crippen LogP contribution >= 0.6 is 0 Å². The van der Waals surface area contributed by atoms with E-state index in [0.29, 0.717) is 4.90 Å². The summed E-state index contributed by atoms with van der Waals surface area (Å²) in [5.41, 5.74) is 2.62. The Morgan fingerprint density at radius 1 is 0.946 bits per heavy atom. The van der Waals surface area contributed by atoms with Gasteiger partial charge in [0.25, 0.3) is 0 Å². The second-order valence-corrected chi connectivity index (χ2v) is 10.3. The van der Waals surface area contributed by atoms with Crippen LogP contribution in [0.15, 0.2) is 89.8 Å². The molecule has 1 aliphatic rings. The van der Waals surface area contributed by atoms with Crippen molar-refractivity contribution in [3.05, 3.63) is 102 Å². The molecule has 3 aromatic carbocycles. The molecule has 1 aliphatic heterocycles. The minimum absolute atomic E-state index is 0.0235. The molecular weight excluding hydrogens is 492 g/mol. The molecule has 0 unspecified atom stereocenters. The van der Waals surface area contributed by atoms with E-state index in [0.717, 1.165) is 16.7 Å². The van der Waals surface area contributed by atoms with Crippen molar-refractivity contribution in [2.75, 3.05) is 5.75 Å². The molecule has 0 saturated heterocycles. The number of fused-ring (bicyclic) bond motifs is 1. The zero-order valence-electron chi connectivity index (χ0n) is 20.1. The summed E-state index contributed by atoms with van der Waals surface area (Å²) in [6.07, 6.45) is -0.453. The van der Waals surface area contributed by atoms with Gasteiger partial charge in [0.15, 0.2) is 0 Å². The molecule has 37 heavy (non-hydrogen) atoms. The molecule has 0 fully saturated rings. The molecule has 0 aromatic heterocycles. The van der Waals surface area contributed by atoms with Crippen molar-refractivity contribution in [2.24, 2.45) is 0 Å². The summed E-state index contributed by atoms with van der Waals surface area (Å²) in [7, 11) is -1.40. The average Bonchev–Trinajstić information content (AvgIpc) is 2.93. The molecule has 0 spiro atoms. The van der Waals surface area contributed by atoms with E-state index in [1.54, 1.807) is 30.3 Å². The lowest BCUT2D eigenvalue weighted by Crippen LogP contribution is -2.55. The van der Waals surface area contributed by atoms with Crippen molar-refractivity contribution in [3.63, 3.8) is 0 Å². The summed E-state index contributed by atoms with van der Waals surface area (Å²) in [6, 6.07) is 23.3. The van der Waals surface area contributed by atoms with Crippen LogP contribution in [0.3, 0.4) is 0 Å². The Hall–Kier alpha value is -3.98. The van der Waals surface area contributed by atoms with Crippen LogP contribution in [0.4, 0.5) is 4.79 Å². The van der Waals surface area contributed by atoms with Gasteiger partial charge < -0.3 is 15.2 Å². The number of aliphatic carboxylic acids is 1. The second-order valence-electron chi connectivity index (χ2n) is 8.71. The van der Waals surface area contributed by atoms with Gasteiger partial charge in [0.2, 0.25) is 5.91 Å². The Morgan fingerprint density at radius 3 is 2.24 bits per heavy atom. The molecule has 8 nitrogen and oxygen atoms in total. The van der Waals surface area contributed by atoms with Gasteiger partial charge in [-0.3, -0.25) is 13.9 Å². The first-order valence-electron chi connectivity index (χ1n) is 11.9. The molecule has 9 heteroatoms. The molecule has 2 amide bonds. The smallest absolute Gasteiger partial charge is 0.411 e. The highest BCUT2D eigenvalue weighted by molar-refractivity contribution is 7.85. The Bertz CT molecular complexity index is 1270. The molecule has 3 atom stereocenters. The van der Waals surface area contributed by atoms with Crippen LogP contribution in [-0.4, -0.2) is 50.0 Å². The van der Waals surface area contributed by atoms with Gasteiger partial charge in [-0.1, -0.05) is 72.8 Å². The molecule has 2 N–H and O–H groups in total. The first-order chi connectivity index (χ1) is 17.9. The molecule has 0 radical (unpaired) electrons. The molecule has 1 heterocycles. The van der Waals surface area contributed by atoms with E-state index in [1.165, 1.54) is 4.90 Å². The average molecular weight is 521 g/mol. The van der Waals surface area contributed by atoms with Crippen molar-refractivity contribution in [3.8, 4) is 0 Å². The predicted molar refractivity (Wildman–Crippen MR) is 138 cm³/mol. The van der Waals surface area contributed by atoms with Gasteiger partial charge in [0.05, 0.1) is 17.3 Å². The Morgan fingerprint density at radius 2 is 1.57 bits per heavy atom. The SMILES string of the molecule is O=C(O)[C@@H](CC[S@](=O)c1ccccc1)NC(=O)[C@@H]1Cc2ccccc2CN1C(=O)OCc1ccccc1. The molecule has 192 valence electrons. The number of carboxylic acid groups (broad SMARTS) is 1. The van der Waals surface area contributed by atoms with E-state index >= 15 is 0 Å². The molecule has 0 bridgehead atoms. The summed E-state index contributed by atoms with van der Waals surface area (Å²) < 4.78 is 18.1. The third-order valence-electron chi connectivity index (χ3n) is 6.20. The number of hydrogen-bond donors (Lipinski definition) is 2. The lowest BCUT2D eigenvalue weighted by atomic mass is 9.93. The highest BCUT2D eigenvalue weighted by atomic mass is 32.2. The zero-order valence-corrected chi connectivity index (χ0v) is 20.9. The number of hydrogen-bond acceptors (Lipinski definition) is 5. The Kier molecular flexibility index (Phi) is 8.68. The molecule has 4 rings (SSSR count). The van der Waals surface area contributed by atoms with Crippen molar-refractivity contribution < 1.29 is 28.4 Å². The number of nitrogens with zero attached hydrogens (tertiary/aromatic N) is 1. The Labute approximate surface area is 217 Å². The van der Waals surface area contributed by atoms with Crippen LogP contribution in [0, 0.1) is 0 Å². The van der Waals surface area contributed by atoms with E-state index in [1.807, 2.05) is 54.6 Å².